The van der Waals surface area contributed by atoms with Crippen LogP contribution in [0.5, 0.6) is 0 Å². The zero-order valence-electron chi connectivity index (χ0n) is 16.9. The second kappa shape index (κ2) is 5.78. The molecule has 2 aliphatic heterocycles. The minimum atomic E-state index is -0.250. The molecule has 2 saturated heterocycles. The highest BCUT2D eigenvalue weighted by Crippen LogP contribution is 2.59. The number of nitrogens with zero attached hydrogens (tertiary/aromatic N) is 1. The lowest BCUT2D eigenvalue weighted by Gasteiger charge is -2.55. The first-order valence-corrected chi connectivity index (χ1v) is 10.5. The molecular weight excluding hydrogens is 334 g/mol. The zero-order chi connectivity index (χ0) is 19.0. The molecule has 0 amide bonds. The Morgan fingerprint density at radius 2 is 1.89 bits per heavy atom. The van der Waals surface area contributed by atoms with Crippen molar-refractivity contribution < 1.29 is 9.53 Å². The van der Waals surface area contributed by atoms with Gasteiger partial charge in [-0.1, -0.05) is 58.0 Å². The number of hydrogen-bond acceptors (Lipinski definition) is 3. The highest BCUT2D eigenvalue weighted by Gasteiger charge is 2.62. The number of ketones is 1. The first-order chi connectivity index (χ1) is 12.8. The van der Waals surface area contributed by atoms with Crippen LogP contribution in [0.3, 0.4) is 0 Å². The van der Waals surface area contributed by atoms with Crippen molar-refractivity contribution in [3.05, 3.63) is 47.5 Å². The number of carbonyl (C=O) groups is 1. The first kappa shape index (κ1) is 17.6. The lowest BCUT2D eigenvalue weighted by atomic mass is 9.64. The maximum absolute atomic E-state index is 13.0. The summed E-state index contributed by atoms with van der Waals surface area (Å²) in [7, 11) is 0. The van der Waals surface area contributed by atoms with Crippen LogP contribution in [0.25, 0.3) is 0 Å². The van der Waals surface area contributed by atoms with E-state index in [1.807, 2.05) is 24.3 Å². The minimum Gasteiger partial charge on any atom is -0.358 e. The molecule has 0 N–H and O–H groups in total. The quantitative estimate of drug-likeness (QED) is 0.739. The molecule has 0 bridgehead atoms. The van der Waals surface area contributed by atoms with Gasteiger partial charge in [-0.25, -0.2) is 0 Å². The van der Waals surface area contributed by atoms with Crippen molar-refractivity contribution in [1.82, 2.24) is 4.90 Å². The van der Waals surface area contributed by atoms with Crippen LogP contribution in [0, 0.1) is 22.7 Å². The summed E-state index contributed by atoms with van der Waals surface area (Å²) in [4.78, 5) is 15.5. The van der Waals surface area contributed by atoms with Crippen molar-refractivity contribution in [3.63, 3.8) is 0 Å². The lowest BCUT2D eigenvalue weighted by molar-refractivity contribution is -0.235. The van der Waals surface area contributed by atoms with E-state index in [1.165, 1.54) is 18.4 Å². The fourth-order valence-corrected chi connectivity index (χ4v) is 6.44. The Labute approximate surface area is 162 Å². The largest absolute Gasteiger partial charge is 0.358 e. The van der Waals surface area contributed by atoms with E-state index >= 15 is 0 Å². The van der Waals surface area contributed by atoms with Gasteiger partial charge < -0.3 is 4.74 Å². The average Bonchev–Trinajstić information content (AvgIpc) is 3.04. The third-order valence-electron chi connectivity index (χ3n) is 8.10. The van der Waals surface area contributed by atoms with Gasteiger partial charge in [0.05, 0.1) is 12.0 Å². The molecular formula is C24H31NO2. The molecule has 0 aromatic heterocycles. The summed E-state index contributed by atoms with van der Waals surface area (Å²) in [6.07, 6.45) is 4.73. The van der Waals surface area contributed by atoms with Crippen LogP contribution in [-0.4, -0.2) is 36.1 Å². The number of hydrogen-bond donors (Lipinski definition) is 0. The Bertz CT molecular complexity index is 798. The van der Waals surface area contributed by atoms with E-state index in [2.05, 4.69) is 44.7 Å². The summed E-state index contributed by atoms with van der Waals surface area (Å²) in [5.41, 5.74) is 2.35. The number of ether oxygens (including phenoxy) is 1. The number of carbonyl (C=O) groups excluding carboxylic acids is 1. The Kier molecular flexibility index (Phi) is 3.77. The van der Waals surface area contributed by atoms with Gasteiger partial charge in [0.25, 0.3) is 0 Å². The van der Waals surface area contributed by atoms with Crippen LogP contribution < -0.4 is 0 Å². The van der Waals surface area contributed by atoms with E-state index in [4.69, 9.17) is 4.74 Å². The van der Waals surface area contributed by atoms with Gasteiger partial charge in [0.1, 0.15) is 6.23 Å². The van der Waals surface area contributed by atoms with Crippen molar-refractivity contribution in [2.45, 2.75) is 58.8 Å². The van der Waals surface area contributed by atoms with Gasteiger partial charge in [0, 0.05) is 24.4 Å². The van der Waals surface area contributed by atoms with E-state index in [-0.39, 0.29) is 34.9 Å². The van der Waals surface area contributed by atoms with Gasteiger partial charge in [0.2, 0.25) is 0 Å². The number of benzene rings is 1. The van der Waals surface area contributed by atoms with E-state index in [1.54, 1.807) is 0 Å². The second-order valence-corrected chi connectivity index (χ2v) is 10.2. The molecule has 6 atom stereocenters. The molecule has 5 rings (SSSR count). The summed E-state index contributed by atoms with van der Waals surface area (Å²) < 4.78 is 6.95. The molecule has 27 heavy (non-hydrogen) atoms. The summed E-state index contributed by atoms with van der Waals surface area (Å²) >= 11 is 0. The monoisotopic (exact) mass is 365 g/mol. The zero-order valence-corrected chi connectivity index (χ0v) is 16.9. The Hall–Kier alpha value is -1.45. The number of allylic oxidation sites excluding steroid dienone is 1. The molecule has 1 aromatic rings. The fourth-order valence-electron chi connectivity index (χ4n) is 6.44. The van der Waals surface area contributed by atoms with Crippen molar-refractivity contribution in [2.24, 2.45) is 22.7 Å². The predicted octanol–water partition coefficient (Wildman–Crippen LogP) is 4.40. The molecule has 1 saturated carbocycles. The van der Waals surface area contributed by atoms with Gasteiger partial charge in [-0.15, -0.1) is 0 Å². The molecule has 3 fully saturated rings. The highest BCUT2D eigenvalue weighted by molar-refractivity contribution is 6.00. The first-order valence-electron chi connectivity index (χ1n) is 10.5. The summed E-state index contributed by atoms with van der Waals surface area (Å²) in [6, 6.07) is 10.3. The van der Waals surface area contributed by atoms with Gasteiger partial charge in [-0.05, 0) is 41.4 Å². The molecule has 0 spiro atoms. The standard InChI is InChI=1S/C24H31NO2/c1-15-10-11-23(2,3)21-18(15)14-25-13-17-12-19(26)20(16-8-6-5-7-9-16)24(17,4)22(25)27-21/h5-9,12,15,18,20-22H,10-11,13-14H2,1-4H3/t15?,18?,20-,21?,22?,24+/m0/s1. The fraction of sp³-hybridized carbons (Fsp3) is 0.625. The summed E-state index contributed by atoms with van der Waals surface area (Å²) in [6.45, 7) is 11.4. The maximum atomic E-state index is 13.0. The highest BCUT2D eigenvalue weighted by atomic mass is 16.5. The molecule has 4 unspecified atom stereocenters. The normalized spacial score (nSPS) is 43.0. The van der Waals surface area contributed by atoms with Crippen molar-refractivity contribution in [1.29, 1.82) is 0 Å². The van der Waals surface area contributed by atoms with Crippen LogP contribution in [0.4, 0.5) is 0 Å². The van der Waals surface area contributed by atoms with Crippen LogP contribution in [0.2, 0.25) is 0 Å². The predicted molar refractivity (Wildman–Crippen MR) is 106 cm³/mol. The second-order valence-electron chi connectivity index (χ2n) is 10.2. The summed E-state index contributed by atoms with van der Waals surface area (Å²) in [5, 5.41) is 0. The van der Waals surface area contributed by atoms with E-state index in [9.17, 15) is 4.79 Å². The average molecular weight is 366 g/mol. The van der Waals surface area contributed by atoms with Crippen molar-refractivity contribution in [3.8, 4) is 0 Å². The Morgan fingerprint density at radius 3 is 2.63 bits per heavy atom. The molecule has 144 valence electrons. The topological polar surface area (TPSA) is 29.5 Å². The molecule has 3 nitrogen and oxygen atoms in total. The third-order valence-corrected chi connectivity index (χ3v) is 8.10. The van der Waals surface area contributed by atoms with Gasteiger partial charge in [-0.2, -0.15) is 0 Å². The minimum absolute atomic E-state index is 0.00577. The van der Waals surface area contributed by atoms with E-state index in [0.29, 0.717) is 11.8 Å². The van der Waals surface area contributed by atoms with Gasteiger partial charge >= 0.3 is 0 Å². The summed E-state index contributed by atoms with van der Waals surface area (Å²) in [5.74, 6) is 1.43. The molecule has 2 heterocycles. The van der Waals surface area contributed by atoms with Crippen LogP contribution in [0.1, 0.15) is 52.0 Å². The molecule has 4 aliphatic rings. The Morgan fingerprint density at radius 1 is 1.15 bits per heavy atom. The molecule has 2 aliphatic carbocycles. The molecule has 3 heteroatoms. The van der Waals surface area contributed by atoms with E-state index in [0.717, 1.165) is 18.7 Å². The maximum Gasteiger partial charge on any atom is 0.164 e. The van der Waals surface area contributed by atoms with Crippen LogP contribution in [0.15, 0.2) is 42.0 Å². The van der Waals surface area contributed by atoms with Crippen molar-refractivity contribution in [2.75, 3.05) is 13.1 Å². The van der Waals surface area contributed by atoms with Gasteiger partial charge in [0.15, 0.2) is 5.78 Å². The van der Waals surface area contributed by atoms with Crippen LogP contribution >= 0.6 is 0 Å². The SMILES string of the molecule is CC1CCC(C)(C)C2OC3N(CC4=CC(=O)[C@H](c5ccccc5)[C@@]43C)CC12. The smallest absolute Gasteiger partial charge is 0.164 e. The third kappa shape index (κ3) is 2.37. The van der Waals surface area contributed by atoms with E-state index < -0.39 is 0 Å². The van der Waals surface area contributed by atoms with Gasteiger partial charge in [-0.3, -0.25) is 9.69 Å². The molecule has 0 radical (unpaired) electrons. The van der Waals surface area contributed by atoms with Crippen LogP contribution in [-0.2, 0) is 9.53 Å². The molecule has 1 aromatic carbocycles. The van der Waals surface area contributed by atoms with Crippen molar-refractivity contribution >= 4 is 5.78 Å². The lowest BCUT2D eigenvalue weighted by Crippen LogP contribution is -2.60. The number of fused-ring (bicyclic) bond motifs is 4. The Balaban J connectivity index is 1.54. The number of rotatable bonds is 1.